The van der Waals surface area contributed by atoms with Crippen molar-refractivity contribution in [2.24, 2.45) is 0 Å². The van der Waals surface area contributed by atoms with E-state index in [9.17, 15) is 0 Å². The number of para-hydroxylation sites is 1. The zero-order chi connectivity index (χ0) is 35.3. The van der Waals surface area contributed by atoms with Gasteiger partial charge in [0.05, 0.1) is 11.0 Å². The average molecular weight is 677 g/mol. The van der Waals surface area contributed by atoms with Crippen LogP contribution in [-0.2, 0) is 0 Å². The lowest BCUT2D eigenvalue weighted by molar-refractivity contribution is 1.19. The van der Waals surface area contributed by atoms with Crippen molar-refractivity contribution in [1.29, 1.82) is 0 Å². The first-order valence-electron chi connectivity index (χ1n) is 18.2. The largest absolute Gasteiger partial charge is 0.345 e. The van der Waals surface area contributed by atoms with Crippen LogP contribution in [-0.4, -0.2) is 11.6 Å². The van der Waals surface area contributed by atoms with Crippen molar-refractivity contribution in [3.63, 3.8) is 0 Å². The molecule has 0 amide bonds. The molecule has 0 aliphatic carbocycles. The number of rotatable bonds is 6. The first-order valence-corrected chi connectivity index (χ1v) is 18.2. The molecule has 0 saturated carbocycles. The maximum absolute atomic E-state index is 2.50. The number of aromatic nitrogens is 1. The summed E-state index contributed by atoms with van der Waals surface area (Å²) in [6.07, 6.45) is 0. The van der Waals surface area contributed by atoms with E-state index in [0.29, 0.717) is 0 Å². The summed E-state index contributed by atoms with van der Waals surface area (Å²) in [4.78, 5) is 2.21. The van der Waals surface area contributed by atoms with Gasteiger partial charge >= 0.3 is 0 Å². The Kier molecular flexibility index (Phi) is 7.40. The van der Waals surface area contributed by atoms with Gasteiger partial charge < -0.3 is 9.47 Å². The highest BCUT2D eigenvalue weighted by molar-refractivity contribution is 6.32. The van der Waals surface area contributed by atoms with Gasteiger partial charge in [-0.1, -0.05) is 158 Å². The first-order chi connectivity index (χ1) is 26.2. The van der Waals surface area contributed by atoms with Gasteiger partial charge in [-0.2, -0.15) is 0 Å². The van der Waals surface area contributed by atoms with Gasteiger partial charge in [0, 0.05) is 40.3 Å². The molecule has 2 nitrogen and oxygen atoms in total. The number of anilines is 2. The lowest BCUT2D eigenvalue weighted by atomic mass is 9.96. The zero-order valence-corrected chi connectivity index (χ0v) is 29.4. The van der Waals surface area contributed by atoms with Crippen molar-refractivity contribution in [3.8, 4) is 39.1 Å². The van der Waals surface area contributed by atoms with E-state index in [4.69, 9.17) is 0 Å². The smallest absolute Gasteiger partial charge is 0.0625 e. The molecule has 53 heavy (non-hydrogen) atoms. The van der Waals surface area contributed by atoms with Crippen LogP contribution in [0.5, 0.6) is 0 Å². The lowest BCUT2D eigenvalue weighted by Crippen LogP contribution is -2.08. The summed E-state index contributed by atoms with van der Waals surface area (Å²) in [7, 11) is 2.11. The van der Waals surface area contributed by atoms with Gasteiger partial charge in [0.2, 0.25) is 0 Å². The fraction of sp³-hybridized carbons (Fsp3) is 0.0196. The van der Waals surface area contributed by atoms with Gasteiger partial charge in [0.15, 0.2) is 0 Å². The molecular formula is C51H36N2. The van der Waals surface area contributed by atoms with E-state index < -0.39 is 0 Å². The van der Waals surface area contributed by atoms with E-state index in [1.165, 1.54) is 82.4 Å². The summed E-state index contributed by atoms with van der Waals surface area (Å²) >= 11 is 0. The SMILES string of the molecule is CN(c1ccccc1)c1ccc(-c2ccc(-c3ccc4c5c6ccccc6c6ccccc6c5n(-c5cccc(-c6ccccc6)c5)c4c3)cc2)cc1. The molecule has 2 heteroatoms. The van der Waals surface area contributed by atoms with Crippen molar-refractivity contribution in [3.05, 3.63) is 200 Å². The average Bonchev–Trinajstić information content (AvgIpc) is 3.59. The van der Waals surface area contributed by atoms with Crippen LogP contribution in [0, 0.1) is 0 Å². The van der Waals surface area contributed by atoms with E-state index in [1.54, 1.807) is 0 Å². The normalized spacial score (nSPS) is 11.5. The van der Waals surface area contributed by atoms with E-state index in [1.807, 2.05) is 0 Å². The van der Waals surface area contributed by atoms with Crippen molar-refractivity contribution >= 4 is 54.7 Å². The summed E-state index contributed by atoms with van der Waals surface area (Å²) in [5.74, 6) is 0. The molecule has 1 aromatic heterocycles. The van der Waals surface area contributed by atoms with Gasteiger partial charge in [-0.25, -0.2) is 0 Å². The number of hydrogen-bond donors (Lipinski definition) is 0. The molecule has 250 valence electrons. The molecule has 0 N–H and O–H groups in total. The Labute approximate surface area is 309 Å². The molecule has 10 rings (SSSR count). The Morgan fingerprint density at radius 3 is 1.51 bits per heavy atom. The lowest BCUT2D eigenvalue weighted by Gasteiger charge is -2.19. The predicted molar refractivity (Wildman–Crippen MR) is 227 cm³/mol. The summed E-state index contributed by atoms with van der Waals surface area (Å²) in [5.41, 5.74) is 13.1. The number of hydrogen-bond acceptors (Lipinski definition) is 1. The molecule has 0 atom stereocenters. The Bertz CT molecular complexity index is 2920. The van der Waals surface area contributed by atoms with Gasteiger partial charge in [0.25, 0.3) is 0 Å². The van der Waals surface area contributed by atoms with E-state index in [2.05, 4.69) is 217 Å². The molecule has 0 aliphatic heterocycles. The van der Waals surface area contributed by atoms with Crippen LogP contribution >= 0.6 is 0 Å². The third-order valence-corrected chi connectivity index (χ3v) is 10.8. The maximum atomic E-state index is 2.50. The van der Waals surface area contributed by atoms with Gasteiger partial charge in [-0.3, -0.25) is 0 Å². The van der Waals surface area contributed by atoms with Crippen molar-refractivity contribution in [2.45, 2.75) is 0 Å². The molecule has 0 radical (unpaired) electrons. The van der Waals surface area contributed by atoms with Crippen LogP contribution in [0.15, 0.2) is 200 Å². The third-order valence-electron chi connectivity index (χ3n) is 10.8. The monoisotopic (exact) mass is 676 g/mol. The van der Waals surface area contributed by atoms with Gasteiger partial charge in [0.1, 0.15) is 0 Å². The standard InChI is InChI=1S/C51H36N2/c1-52(41-16-6-3-7-17-41)42-30-27-37(28-31-42)36-23-25-38(26-24-36)40-29-32-48-49(34-40)53(43-18-12-15-39(33-43)35-13-4-2-5-14-35)51-47-22-11-9-20-45(47)44-19-8-10-21-46(44)50(48)51/h2-34H,1H3. The Morgan fingerprint density at radius 2 is 0.811 bits per heavy atom. The minimum absolute atomic E-state index is 1.15. The fourth-order valence-electron chi connectivity index (χ4n) is 8.11. The van der Waals surface area contributed by atoms with E-state index >= 15 is 0 Å². The molecule has 0 unspecified atom stereocenters. The molecule has 9 aromatic carbocycles. The van der Waals surface area contributed by atoms with Crippen LogP contribution in [0.3, 0.4) is 0 Å². The van der Waals surface area contributed by atoms with E-state index in [-0.39, 0.29) is 0 Å². The molecule has 0 bridgehead atoms. The van der Waals surface area contributed by atoms with Crippen LogP contribution in [0.25, 0.3) is 82.4 Å². The fourth-order valence-corrected chi connectivity index (χ4v) is 8.11. The molecule has 0 aliphatic rings. The summed E-state index contributed by atoms with van der Waals surface area (Å²) in [6, 6.07) is 72.7. The van der Waals surface area contributed by atoms with Crippen LogP contribution in [0.4, 0.5) is 11.4 Å². The van der Waals surface area contributed by atoms with Crippen LogP contribution in [0.1, 0.15) is 0 Å². The van der Waals surface area contributed by atoms with Gasteiger partial charge in [-0.05, 0) is 92.0 Å². The molecule has 0 spiro atoms. The highest BCUT2D eigenvalue weighted by Gasteiger charge is 2.20. The Balaban J connectivity index is 1.12. The quantitative estimate of drug-likeness (QED) is 0.159. The van der Waals surface area contributed by atoms with Crippen molar-refractivity contribution in [1.82, 2.24) is 4.57 Å². The topological polar surface area (TPSA) is 8.17 Å². The summed E-state index contributed by atoms with van der Waals surface area (Å²) in [6.45, 7) is 0. The van der Waals surface area contributed by atoms with Crippen LogP contribution in [0.2, 0.25) is 0 Å². The molecule has 0 fully saturated rings. The van der Waals surface area contributed by atoms with Crippen molar-refractivity contribution < 1.29 is 0 Å². The second kappa shape index (κ2) is 12.7. The molecule has 0 saturated heterocycles. The van der Waals surface area contributed by atoms with Crippen molar-refractivity contribution in [2.75, 3.05) is 11.9 Å². The second-order valence-corrected chi connectivity index (χ2v) is 13.8. The number of nitrogens with zero attached hydrogens (tertiary/aromatic N) is 2. The maximum Gasteiger partial charge on any atom is 0.0625 e. The first kappa shape index (κ1) is 30.9. The van der Waals surface area contributed by atoms with E-state index in [0.717, 1.165) is 11.4 Å². The summed E-state index contributed by atoms with van der Waals surface area (Å²) < 4.78 is 2.50. The molecule has 1 heterocycles. The minimum Gasteiger partial charge on any atom is -0.345 e. The highest BCUT2D eigenvalue weighted by atomic mass is 15.1. The minimum atomic E-state index is 1.15. The Morgan fingerprint density at radius 1 is 0.340 bits per heavy atom. The Hall–Kier alpha value is -6.90. The predicted octanol–water partition coefficient (Wildman–Crippen LogP) is 13.9. The second-order valence-electron chi connectivity index (χ2n) is 13.8. The van der Waals surface area contributed by atoms with Crippen LogP contribution < -0.4 is 4.90 Å². The number of fused-ring (bicyclic) bond motifs is 8. The number of benzene rings is 9. The highest BCUT2D eigenvalue weighted by Crippen LogP contribution is 2.43. The summed E-state index contributed by atoms with van der Waals surface area (Å²) in [5, 5.41) is 7.65. The third kappa shape index (κ3) is 5.27. The zero-order valence-electron chi connectivity index (χ0n) is 29.4. The van der Waals surface area contributed by atoms with Gasteiger partial charge in [-0.15, -0.1) is 0 Å². The molecule has 10 aromatic rings. The molecular weight excluding hydrogens is 641 g/mol.